The summed E-state index contributed by atoms with van der Waals surface area (Å²) in [7, 11) is 0. The van der Waals surface area contributed by atoms with Crippen molar-refractivity contribution < 1.29 is 27.4 Å². The fourth-order valence-electron chi connectivity index (χ4n) is 5.75. The number of carbonyl (C=O) groups is 1. The average molecular weight is 596 g/mol. The molecule has 6 aliphatic heterocycles. The first-order valence-electron chi connectivity index (χ1n) is 14.1. The Hall–Kier alpha value is -4.39. The Morgan fingerprint density at radius 3 is 2.49 bits per heavy atom. The second-order valence-corrected chi connectivity index (χ2v) is 11.3. The van der Waals surface area contributed by atoms with E-state index in [1.165, 1.54) is 0 Å². The van der Waals surface area contributed by atoms with Gasteiger partial charge in [0.2, 0.25) is 11.9 Å². The number of hydrogen-bond acceptors (Lipinski definition) is 9. The van der Waals surface area contributed by atoms with Crippen molar-refractivity contribution in [2.24, 2.45) is 5.41 Å². The molecular weight excluding hydrogens is 563 g/mol. The van der Waals surface area contributed by atoms with Gasteiger partial charge in [0.1, 0.15) is 12.4 Å². The summed E-state index contributed by atoms with van der Waals surface area (Å²) in [6, 6.07) is 13.8. The summed E-state index contributed by atoms with van der Waals surface area (Å²) in [5, 5.41) is 5.99. The third kappa shape index (κ3) is 7.16. The maximum atomic E-state index is 13.3. The van der Waals surface area contributed by atoms with Crippen molar-refractivity contribution in [3.63, 3.8) is 0 Å². The smallest absolute Gasteiger partial charge is 0.422 e. The first-order chi connectivity index (χ1) is 20.6. The van der Waals surface area contributed by atoms with E-state index < -0.39 is 18.8 Å². The Bertz CT molecular complexity index is 1480. The van der Waals surface area contributed by atoms with Gasteiger partial charge in [0.15, 0.2) is 6.61 Å². The van der Waals surface area contributed by atoms with Crippen molar-refractivity contribution >= 4 is 23.5 Å². The van der Waals surface area contributed by atoms with E-state index in [1.54, 1.807) is 24.3 Å². The van der Waals surface area contributed by atoms with E-state index in [0.717, 1.165) is 43.6 Å². The maximum absolute atomic E-state index is 13.3. The highest BCUT2D eigenvalue weighted by Crippen LogP contribution is 2.40. The maximum Gasteiger partial charge on any atom is 0.422 e. The third-order valence-corrected chi connectivity index (χ3v) is 7.87. The van der Waals surface area contributed by atoms with Crippen LogP contribution < -0.4 is 20.1 Å². The molecule has 10 nitrogen and oxygen atoms in total. The molecule has 9 bridgehead atoms. The van der Waals surface area contributed by atoms with Crippen LogP contribution in [0, 0.1) is 5.41 Å². The molecule has 226 valence electrons. The van der Waals surface area contributed by atoms with Crippen LogP contribution in [0.2, 0.25) is 0 Å². The van der Waals surface area contributed by atoms with Gasteiger partial charge in [-0.1, -0.05) is 18.7 Å². The summed E-state index contributed by atoms with van der Waals surface area (Å²) in [6.07, 6.45) is -2.57. The number of nitrogens with zero attached hydrogens (tertiary/aromatic N) is 5. The Morgan fingerprint density at radius 1 is 0.977 bits per heavy atom. The monoisotopic (exact) mass is 595 g/mol. The molecule has 43 heavy (non-hydrogen) atoms. The topological polar surface area (TPSA) is 105 Å². The number of hydrogen-bond donors (Lipinski definition) is 2. The van der Waals surface area contributed by atoms with Crippen LogP contribution in [-0.4, -0.2) is 82.8 Å². The van der Waals surface area contributed by atoms with Crippen LogP contribution in [0.4, 0.5) is 30.8 Å². The quantitative estimate of drug-likeness (QED) is 0.410. The molecule has 3 aromatic rings. The number of benzene rings is 2. The second-order valence-electron chi connectivity index (χ2n) is 11.3. The van der Waals surface area contributed by atoms with Crippen molar-refractivity contribution in [3.8, 4) is 11.8 Å². The van der Waals surface area contributed by atoms with Gasteiger partial charge in [0, 0.05) is 49.4 Å². The fourth-order valence-corrected chi connectivity index (χ4v) is 5.75. The fraction of sp³-hybridized carbons (Fsp3) is 0.400. The minimum atomic E-state index is -4.56. The highest BCUT2D eigenvalue weighted by atomic mass is 19.4. The molecule has 1 amide bonds. The molecular formula is C30H32F3N7O3. The molecule has 1 aromatic heterocycles. The van der Waals surface area contributed by atoms with Crippen molar-refractivity contribution in [1.82, 2.24) is 24.8 Å². The molecule has 1 spiro atoms. The highest BCUT2D eigenvalue weighted by Gasteiger charge is 2.44. The molecule has 13 heteroatoms. The SMILES string of the molecule is C=C1COc2ccc(cc2)CNc2nc(nc(OCC(F)(F)F)n2)Nc2ccc(cc2)C(=O)N2CCC3(CCN(C1)C3)C2. The first-order valence-corrected chi connectivity index (χ1v) is 14.1. The third-order valence-electron chi connectivity index (χ3n) is 7.87. The molecule has 6 aliphatic rings. The normalized spacial score (nSPS) is 22.5. The largest absolute Gasteiger partial charge is 0.489 e. The van der Waals surface area contributed by atoms with E-state index in [1.807, 2.05) is 29.2 Å². The lowest BCUT2D eigenvalue weighted by molar-refractivity contribution is -0.154. The van der Waals surface area contributed by atoms with Crippen LogP contribution in [0.15, 0.2) is 60.7 Å². The number of aromatic nitrogens is 3. The lowest BCUT2D eigenvalue weighted by Crippen LogP contribution is -2.34. The lowest BCUT2D eigenvalue weighted by atomic mass is 9.86. The van der Waals surface area contributed by atoms with E-state index in [-0.39, 0.29) is 23.2 Å². The summed E-state index contributed by atoms with van der Waals surface area (Å²) < 4.78 is 49.2. The molecule has 2 atom stereocenters. The Balaban J connectivity index is 1.26. The molecule has 2 saturated heterocycles. The van der Waals surface area contributed by atoms with Crippen LogP contribution >= 0.6 is 0 Å². The van der Waals surface area contributed by atoms with E-state index in [9.17, 15) is 18.0 Å². The van der Waals surface area contributed by atoms with Gasteiger partial charge >= 0.3 is 12.2 Å². The summed E-state index contributed by atoms with van der Waals surface area (Å²) in [4.78, 5) is 30.0. The van der Waals surface area contributed by atoms with Gasteiger partial charge in [-0.05, 0) is 66.9 Å². The second kappa shape index (κ2) is 11.7. The van der Waals surface area contributed by atoms with E-state index in [4.69, 9.17) is 9.47 Å². The van der Waals surface area contributed by atoms with Gasteiger partial charge in [-0.3, -0.25) is 9.69 Å². The highest BCUT2D eigenvalue weighted by molar-refractivity contribution is 5.94. The number of anilines is 3. The number of nitrogens with one attached hydrogen (secondary N) is 2. The van der Waals surface area contributed by atoms with Crippen LogP contribution in [0.3, 0.4) is 0 Å². The molecule has 0 saturated carbocycles. The van der Waals surface area contributed by atoms with E-state index in [2.05, 4.69) is 37.1 Å². The number of halogens is 3. The van der Waals surface area contributed by atoms with Gasteiger partial charge in [-0.2, -0.15) is 28.1 Å². The Kier molecular flexibility index (Phi) is 7.82. The Morgan fingerprint density at radius 2 is 1.72 bits per heavy atom. The predicted molar refractivity (Wildman–Crippen MR) is 154 cm³/mol. The zero-order chi connectivity index (χ0) is 30.0. The summed E-state index contributed by atoms with van der Waals surface area (Å²) in [5.41, 5.74) is 3.03. The first kappa shape index (κ1) is 28.7. The number of alkyl halides is 3. The molecule has 2 fully saturated rings. The molecule has 2 aromatic carbocycles. The van der Waals surface area contributed by atoms with Gasteiger partial charge in [0.05, 0.1) is 0 Å². The van der Waals surface area contributed by atoms with Gasteiger partial charge in [0.25, 0.3) is 5.91 Å². The molecule has 0 aliphatic carbocycles. The number of carbonyl (C=O) groups excluding carboxylic acids is 1. The predicted octanol–water partition coefficient (Wildman–Crippen LogP) is 4.66. The van der Waals surface area contributed by atoms with Crippen molar-refractivity contribution in [2.75, 3.05) is 56.6 Å². The van der Waals surface area contributed by atoms with Gasteiger partial charge in [-0.25, -0.2) is 0 Å². The molecule has 0 radical (unpaired) electrons. The van der Waals surface area contributed by atoms with Crippen molar-refractivity contribution in [2.45, 2.75) is 25.6 Å². The minimum absolute atomic E-state index is 0.0144. The van der Waals surface area contributed by atoms with Crippen LogP contribution in [0.5, 0.6) is 11.8 Å². The zero-order valence-corrected chi connectivity index (χ0v) is 23.5. The molecule has 9 rings (SSSR count). The number of rotatable bonds is 2. The van der Waals surface area contributed by atoms with E-state index in [0.29, 0.717) is 43.2 Å². The molecule has 2 unspecified atom stereocenters. The van der Waals surface area contributed by atoms with Gasteiger partial charge < -0.3 is 25.0 Å². The summed E-state index contributed by atoms with van der Waals surface area (Å²) >= 11 is 0. The number of ether oxygens (including phenoxy) is 2. The lowest BCUT2D eigenvalue weighted by Gasteiger charge is -2.25. The average Bonchev–Trinajstić information content (AvgIpc) is 3.59. The zero-order valence-electron chi connectivity index (χ0n) is 23.5. The number of amides is 1. The van der Waals surface area contributed by atoms with Crippen molar-refractivity contribution in [1.29, 1.82) is 0 Å². The summed E-state index contributed by atoms with van der Waals surface area (Å²) in [5.74, 6) is 0.677. The van der Waals surface area contributed by atoms with E-state index >= 15 is 0 Å². The summed E-state index contributed by atoms with van der Waals surface area (Å²) in [6.45, 7) is 7.39. The standard InChI is InChI=1S/C30H32F3N7O3/c1-20-15-39-12-10-29(17-39)11-13-40(18-29)25(41)22-4-6-23(7-5-22)35-27-36-26(37-28(38-27)43-19-30(31,32)33)34-14-21-2-8-24(9-3-21)42-16-20/h2-9H,1,10-19H2,(H2,34,35,36,37,38). The van der Waals surface area contributed by atoms with Crippen molar-refractivity contribution in [3.05, 3.63) is 71.8 Å². The van der Waals surface area contributed by atoms with Crippen LogP contribution in [0.25, 0.3) is 0 Å². The molecule has 2 N–H and O–H groups in total. The minimum Gasteiger partial charge on any atom is -0.489 e. The van der Waals surface area contributed by atoms with Crippen LogP contribution in [-0.2, 0) is 6.54 Å². The van der Waals surface area contributed by atoms with Gasteiger partial charge in [-0.15, -0.1) is 0 Å². The Labute approximate surface area is 246 Å². The molecule has 7 heterocycles. The van der Waals surface area contributed by atoms with Crippen LogP contribution in [0.1, 0.15) is 28.8 Å².